The number of hydrogen-bond acceptors (Lipinski definition) is 4. The van der Waals surface area contributed by atoms with E-state index in [1.54, 1.807) is 30.3 Å². The topological polar surface area (TPSA) is 88.6 Å². The van der Waals surface area contributed by atoms with Crippen molar-refractivity contribution in [3.8, 4) is 0 Å². The third-order valence-corrected chi connectivity index (χ3v) is 4.95. The largest absolute Gasteiger partial charge is 0.467 e. The summed E-state index contributed by atoms with van der Waals surface area (Å²) in [7, 11) is 1.88. The zero-order valence-corrected chi connectivity index (χ0v) is 16.3. The van der Waals surface area contributed by atoms with Crippen LogP contribution < -0.4 is 11.1 Å². The highest BCUT2D eigenvalue weighted by molar-refractivity contribution is 6.04. The summed E-state index contributed by atoms with van der Waals surface area (Å²) in [5, 5.41) is 2.79. The lowest BCUT2D eigenvalue weighted by atomic mass is 9.94. The average Bonchev–Trinajstić information content (AvgIpc) is 3.17. The Labute approximate surface area is 165 Å². The van der Waals surface area contributed by atoms with Gasteiger partial charge < -0.3 is 20.4 Å². The number of benzene rings is 1. The zero-order chi connectivity index (χ0) is 18.5. The molecule has 1 saturated carbocycles. The molecule has 146 valence electrons. The minimum atomic E-state index is -0.271. The molecule has 3 rings (SSSR count). The molecule has 1 aromatic carbocycles. The highest BCUT2D eigenvalue weighted by atomic mass is 35.5. The minimum absolute atomic E-state index is 0. The molecule has 1 heterocycles. The van der Waals surface area contributed by atoms with Crippen molar-refractivity contribution in [2.75, 3.05) is 12.4 Å². The number of carbonyl (C=O) groups excluding carboxylic acids is 2. The predicted octanol–water partition coefficient (Wildman–Crippen LogP) is 3.82. The van der Waals surface area contributed by atoms with Gasteiger partial charge in [-0.3, -0.25) is 9.59 Å². The van der Waals surface area contributed by atoms with Crippen LogP contribution in [0, 0.1) is 0 Å². The molecule has 2 amide bonds. The van der Waals surface area contributed by atoms with Crippen LogP contribution in [-0.2, 0) is 6.54 Å². The summed E-state index contributed by atoms with van der Waals surface area (Å²) in [5.41, 5.74) is 7.15. The number of nitrogens with two attached hydrogens (primary N) is 1. The monoisotopic (exact) mass is 391 g/mol. The molecule has 1 fully saturated rings. The highest BCUT2D eigenvalue weighted by Crippen LogP contribution is 2.23. The third-order valence-electron chi connectivity index (χ3n) is 4.95. The number of carbonyl (C=O) groups is 2. The van der Waals surface area contributed by atoms with E-state index in [0.29, 0.717) is 28.6 Å². The molecule has 0 spiro atoms. The lowest BCUT2D eigenvalue weighted by Crippen LogP contribution is -2.38. The number of nitrogens with one attached hydrogen (secondary N) is 1. The van der Waals surface area contributed by atoms with E-state index in [2.05, 4.69) is 5.32 Å². The molecular weight excluding hydrogens is 366 g/mol. The molecule has 0 saturated heterocycles. The van der Waals surface area contributed by atoms with E-state index in [0.717, 1.165) is 12.8 Å². The number of nitrogens with zero attached hydrogens (tertiary/aromatic N) is 1. The predicted molar refractivity (Wildman–Crippen MR) is 107 cm³/mol. The summed E-state index contributed by atoms with van der Waals surface area (Å²) in [6.45, 7) is 0.249. The third kappa shape index (κ3) is 5.11. The fourth-order valence-corrected chi connectivity index (χ4v) is 3.34. The lowest BCUT2D eigenvalue weighted by Gasteiger charge is -2.31. The van der Waals surface area contributed by atoms with Crippen LogP contribution in [0.4, 0.5) is 5.69 Å². The van der Waals surface area contributed by atoms with E-state index in [4.69, 9.17) is 10.2 Å². The quantitative estimate of drug-likeness (QED) is 0.810. The van der Waals surface area contributed by atoms with Crippen LogP contribution in [0.5, 0.6) is 0 Å². The summed E-state index contributed by atoms with van der Waals surface area (Å²) in [6, 6.07) is 8.92. The number of amides is 2. The highest BCUT2D eigenvalue weighted by Gasteiger charge is 2.23. The molecule has 1 aromatic heterocycles. The van der Waals surface area contributed by atoms with Gasteiger partial charge in [0.25, 0.3) is 11.8 Å². The Bertz CT molecular complexity index is 767. The number of anilines is 1. The molecule has 1 aliphatic rings. The minimum Gasteiger partial charge on any atom is -0.467 e. The van der Waals surface area contributed by atoms with Gasteiger partial charge in [-0.2, -0.15) is 0 Å². The van der Waals surface area contributed by atoms with Gasteiger partial charge in [-0.15, -0.1) is 12.4 Å². The van der Waals surface area contributed by atoms with Gasteiger partial charge in [-0.25, -0.2) is 0 Å². The molecule has 7 heteroatoms. The van der Waals surface area contributed by atoms with Gasteiger partial charge in [0, 0.05) is 24.3 Å². The van der Waals surface area contributed by atoms with Gasteiger partial charge >= 0.3 is 0 Å². The van der Waals surface area contributed by atoms with Crippen LogP contribution in [0.25, 0.3) is 0 Å². The van der Waals surface area contributed by atoms with Crippen LogP contribution in [0.2, 0.25) is 0 Å². The number of furan rings is 1. The van der Waals surface area contributed by atoms with Crippen molar-refractivity contribution in [2.45, 2.75) is 44.7 Å². The molecule has 0 bridgehead atoms. The summed E-state index contributed by atoms with van der Waals surface area (Å²) < 4.78 is 5.17. The molecule has 2 aromatic rings. The van der Waals surface area contributed by atoms with Crippen molar-refractivity contribution >= 4 is 29.9 Å². The maximum Gasteiger partial charge on any atom is 0.258 e. The van der Waals surface area contributed by atoms with Gasteiger partial charge in [-0.05, 0) is 43.2 Å². The molecule has 0 radical (unpaired) electrons. The van der Waals surface area contributed by atoms with Crippen molar-refractivity contribution in [2.24, 2.45) is 5.73 Å². The van der Waals surface area contributed by atoms with Crippen molar-refractivity contribution in [1.82, 2.24) is 4.90 Å². The molecule has 0 atom stereocenters. The van der Waals surface area contributed by atoms with Crippen molar-refractivity contribution < 1.29 is 14.0 Å². The number of halogens is 1. The normalized spacial score (nSPS) is 14.3. The van der Waals surface area contributed by atoms with Crippen molar-refractivity contribution in [1.29, 1.82) is 0 Å². The van der Waals surface area contributed by atoms with E-state index in [9.17, 15) is 9.59 Å². The SMILES string of the molecule is CN(C(=O)c1ccc(NC(=O)c2coc(CN)c2)cc1)C1CCCCC1.Cl. The van der Waals surface area contributed by atoms with Crippen LogP contribution in [0.15, 0.2) is 41.0 Å². The first-order chi connectivity index (χ1) is 12.6. The van der Waals surface area contributed by atoms with E-state index in [1.165, 1.54) is 25.5 Å². The second-order valence-electron chi connectivity index (χ2n) is 6.75. The average molecular weight is 392 g/mol. The Kier molecular flexibility index (Phi) is 7.45. The Morgan fingerprint density at radius 1 is 1.15 bits per heavy atom. The first kappa shape index (κ1) is 21.0. The van der Waals surface area contributed by atoms with Crippen LogP contribution in [0.3, 0.4) is 0 Å². The first-order valence-corrected chi connectivity index (χ1v) is 9.04. The van der Waals surface area contributed by atoms with E-state index < -0.39 is 0 Å². The lowest BCUT2D eigenvalue weighted by molar-refractivity contribution is 0.0696. The Hall–Kier alpha value is -2.31. The fraction of sp³-hybridized carbons (Fsp3) is 0.400. The molecule has 3 N–H and O–H groups in total. The van der Waals surface area contributed by atoms with Gasteiger partial charge in [0.1, 0.15) is 12.0 Å². The molecule has 0 aliphatic heterocycles. The van der Waals surface area contributed by atoms with E-state index in [-0.39, 0.29) is 30.8 Å². The second kappa shape index (κ2) is 9.58. The molecular formula is C20H26ClN3O3. The van der Waals surface area contributed by atoms with Gasteiger partial charge in [0.15, 0.2) is 0 Å². The van der Waals surface area contributed by atoms with Crippen molar-refractivity contribution in [3.63, 3.8) is 0 Å². The van der Waals surface area contributed by atoms with Crippen LogP contribution in [0.1, 0.15) is 58.6 Å². The van der Waals surface area contributed by atoms with Gasteiger partial charge in [0.05, 0.1) is 12.1 Å². The van der Waals surface area contributed by atoms with Crippen LogP contribution >= 0.6 is 12.4 Å². The summed E-state index contributed by atoms with van der Waals surface area (Å²) in [4.78, 5) is 26.7. The Balaban J connectivity index is 0.00000261. The van der Waals surface area contributed by atoms with Gasteiger partial charge in [-0.1, -0.05) is 19.3 Å². The van der Waals surface area contributed by atoms with E-state index in [1.807, 2.05) is 11.9 Å². The number of rotatable bonds is 5. The molecule has 27 heavy (non-hydrogen) atoms. The second-order valence-corrected chi connectivity index (χ2v) is 6.75. The molecule has 0 unspecified atom stereocenters. The first-order valence-electron chi connectivity index (χ1n) is 9.04. The fourth-order valence-electron chi connectivity index (χ4n) is 3.34. The maximum absolute atomic E-state index is 12.6. The van der Waals surface area contributed by atoms with Crippen LogP contribution in [-0.4, -0.2) is 29.8 Å². The Morgan fingerprint density at radius 2 is 1.81 bits per heavy atom. The standard InChI is InChI=1S/C20H25N3O3.ClH/c1-23(17-5-3-2-4-6-17)20(25)14-7-9-16(10-8-14)22-19(24)15-11-18(12-21)26-13-15;/h7-11,13,17H,2-6,12,21H2,1H3,(H,22,24);1H. The van der Waals surface area contributed by atoms with Crippen molar-refractivity contribution in [3.05, 3.63) is 53.5 Å². The van der Waals surface area contributed by atoms with Gasteiger partial charge in [0.2, 0.25) is 0 Å². The zero-order valence-electron chi connectivity index (χ0n) is 15.4. The molecule has 1 aliphatic carbocycles. The molecule has 6 nitrogen and oxygen atoms in total. The van der Waals surface area contributed by atoms with E-state index >= 15 is 0 Å². The number of hydrogen-bond donors (Lipinski definition) is 2. The summed E-state index contributed by atoms with van der Waals surface area (Å²) in [6.07, 6.45) is 7.17. The maximum atomic E-state index is 12.6. The summed E-state index contributed by atoms with van der Waals surface area (Å²) >= 11 is 0. The Morgan fingerprint density at radius 3 is 2.41 bits per heavy atom. The smallest absolute Gasteiger partial charge is 0.258 e. The summed E-state index contributed by atoms with van der Waals surface area (Å²) in [5.74, 6) is 0.311.